The van der Waals surface area contributed by atoms with Crippen molar-refractivity contribution in [3.05, 3.63) is 182 Å². The van der Waals surface area contributed by atoms with E-state index in [1.165, 1.54) is 0 Å². The highest BCUT2D eigenvalue weighted by atomic mass is 16.3. The molecule has 0 saturated carbocycles. The van der Waals surface area contributed by atoms with E-state index < -0.39 is 0 Å². The van der Waals surface area contributed by atoms with Crippen LogP contribution in [0.15, 0.2) is 191 Å². The zero-order chi connectivity index (χ0) is 38.2. The van der Waals surface area contributed by atoms with Crippen LogP contribution in [0.4, 0.5) is 0 Å². The molecule has 270 valence electrons. The first-order valence-electron chi connectivity index (χ1n) is 19.3. The van der Waals surface area contributed by atoms with Crippen LogP contribution in [0.1, 0.15) is 0 Å². The summed E-state index contributed by atoms with van der Waals surface area (Å²) in [5.41, 5.74) is 10.9. The number of aromatic nitrogens is 4. The Morgan fingerprint density at radius 3 is 1.74 bits per heavy atom. The van der Waals surface area contributed by atoms with Gasteiger partial charge in [-0.2, -0.15) is 0 Å². The van der Waals surface area contributed by atoms with Gasteiger partial charge in [0.05, 0.1) is 11.2 Å². The summed E-state index contributed by atoms with van der Waals surface area (Å²) in [4.78, 5) is 20.3. The third kappa shape index (κ3) is 5.12. The average molecular weight is 743 g/mol. The van der Waals surface area contributed by atoms with Crippen LogP contribution >= 0.6 is 0 Å². The molecule has 0 aliphatic heterocycles. The lowest BCUT2D eigenvalue weighted by atomic mass is 9.95. The number of benzene rings is 8. The fraction of sp³-hybridized carbons (Fsp3) is 0. The van der Waals surface area contributed by atoms with Gasteiger partial charge >= 0.3 is 0 Å². The number of para-hydroxylation sites is 3. The normalized spacial score (nSPS) is 11.8. The summed E-state index contributed by atoms with van der Waals surface area (Å²) in [7, 11) is 0. The van der Waals surface area contributed by atoms with Gasteiger partial charge in [-0.1, -0.05) is 140 Å². The predicted molar refractivity (Wildman–Crippen MR) is 234 cm³/mol. The van der Waals surface area contributed by atoms with Gasteiger partial charge in [-0.15, -0.1) is 0 Å². The van der Waals surface area contributed by atoms with Gasteiger partial charge < -0.3 is 8.83 Å². The largest absolute Gasteiger partial charge is 0.456 e. The summed E-state index contributed by atoms with van der Waals surface area (Å²) in [5.74, 6) is 1.74. The molecule has 0 aliphatic rings. The Labute approximate surface area is 331 Å². The van der Waals surface area contributed by atoms with Gasteiger partial charge in [0.2, 0.25) is 0 Å². The fourth-order valence-corrected chi connectivity index (χ4v) is 8.41. The second kappa shape index (κ2) is 12.8. The zero-order valence-corrected chi connectivity index (χ0v) is 30.9. The zero-order valence-electron chi connectivity index (χ0n) is 30.9. The minimum atomic E-state index is 0.569. The lowest BCUT2D eigenvalue weighted by Crippen LogP contribution is -2.00. The van der Waals surface area contributed by atoms with E-state index in [9.17, 15) is 0 Å². The highest BCUT2D eigenvalue weighted by molar-refractivity contribution is 6.29. The van der Waals surface area contributed by atoms with Gasteiger partial charge in [0.25, 0.3) is 0 Å². The molecule has 0 saturated heterocycles. The Kier molecular flexibility index (Phi) is 7.13. The number of nitrogens with zero attached hydrogens (tertiary/aromatic N) is 4. The van der Waals surface area contributed by atoms with Gasteiger partial charge in [-0.05, 0) is 48.0 Å². The standard InChI is InChI=1S/C52H30N4O2/c1-3-13-31(14-4-1)48-40-27-28-44-47(46(40)39-20-7-9-23-42(39)53-48)41-22-12-21-36(49(41)58-44)33-17-11-18-34(29-33)51-54-50(32-15-5-2-6-16-32)55-52(56-51)35-25-26-38-37-19-8-10-24-43(37)57-45(38)30-35/h1-30H. The number of pyridine rings is 1. The molecular weight excluding hydrogens is 713 g/mol. The minimum Gasteiger partial charge on any atom is -0.456 e. The summed E-state index contributed by atoms with van der Waals surface area (Å²) in [6.45, 7) is 0. The molecule has 12 aromatic rings. The lowest BCUT2D eigenvalue weighted by Gasteiger charge is -2.11. The Bertz CT molecular complexity index is 3570. The Hall–Kier alpha value is -7.96. The van der Waals surface area contributed by atoms with Gasteiger partial charge in [0, 0.05) is 65.5 Å². The molecule has 0 fully saturated rings. The summed E-state index contributed by atoms with van der Waals surface area (Å²) in [6.07, 6.45) is 0. The van der Waals surface area contributed by atoms with Gasteiger partial charge in [0.15, 0.2) is 17.5 Å². The first kappa shape index (κ1) is 32.3. The average Bonchev–Trinajstić information content (AvgIpc) is 3.87. The van der Waals surface area contributed by atoms with Crippen molar-refractivity contribution >= 4 is 65.6 Å². The molecule has 6 heteroatoms. The molecule has 0 aliphatic carbocycles. The molecule has 6 nitrogen and oxygen atoms in total. The van der Waals surface area contributed by atoms with Crippen LogP contribution in [0.5, 0.6) is 0 Å². The second-order valence-corrected chi connectivity index (χ2v) is 14.6. The van der Waals surface area contributed by atoms with Crippen LogP contribution in [0.3, 0.4) is 0 Å². The molecular formula is C52H30N4O2. The van der Waals surface area contributed by atoms with E-state index in [2.05, 4.69) is 115 Å². The molecule has 4 aromatic heterocycles. The van der Waals surface area contributed by atoms with Crippen molar-refractivity contribution in [1.82, 2.24) is 19.9 Å². The van der Waals surface area contributed by atoms with E-state index in [0.717, 1.165) is 105 Å². The van der Waals surface area contributed by atoms with Crippen molar-refractivity contribution < 1.29 is 8.83 Å². The topological polar surface area (TPSA) is 77.8 Å². The van der Waals surface area contributed by atoms with Crippen molar-refractivity contribution in [3.8, 4) is 56.5 Å². The number of hydrogen-bond acceptors (Lipinski definition) is 6. The van der Waals surface area contributed by atoms with E-state index in [1.807, 2.05) is 66.7 Å². The SMILES string of the molecule is c1ccc(-c2nc(-c3cccc(-c4cccc5c4oc4ccc6c(-c7ccccc7)nc7ccccc7c6c45)c3)nc(-c3ccc4c(c3)oc3ccccc34)n2)cc1. The van der Waals surface area contributed by atoms with Crippen molar-refractivity contribution in [3.63, 3.8) is 0 Å². The highest BCUT2D eigenvalue weighted by Gasteiger charge is 2.20. The van der Waals surface area contributed by atoms with E-state index >= 15 is 0 Å². The van der Waals surface area contributed by atoms with Crippen LogP contribution in [-0.2, 0) is 0 Å². The van der Waals surface area contributed by atoms with E-state index in [4.69, 9.17) is 28.8 Å². The molecule has 0 radical (unpaired) electrons. The summed E-state index contributed by atoms with van der Waals surface area (Å²) >= 11 is 0. The first-order valence-corrected chi connectivity index (χ1v) is 19.3. The smallest absolute Gasteiger partial charge is 0.164 e. The van der Waals surface area contributed by atoms with Crippen LogP contribution in [-0.4, -0.2) is 19.9 Å². The van der Waals surface area contributed by atoms with Crippen molar-refractivity contribution in [2.45, 2.75) is 0 Å². The Morgan fingerprint density at radius 1 is 0.310 bits per heavy atom. The molecule has 12 rings (SSSR count). The molecule has 0 bridgehead atoms. The monoisotopic (exact) mass is 742 g/mol. The molecule has 0 N–H and O–H groups in total. The maximum absolute atomic E-state index is 6.83. The first-order chi connectivity index (χ1) is 28.7. The van der Waals surface area contributed by atoms with E-state index in [-0.39, 0.29) is 0 Å². The maximum Gasteiger partial charge on any atom is 0.164 e. The Morgan fingerprint density at radius 2 is 0.914 bits per heavy atom. The molecule has 8 aromatic carbocycles. The van der Waals surface area contributed by atoms with Crippen LogP contribution in [0.25, 0.3) is 122 Å². The third-order valence-corrected chi connectivity index (χ3v) is 11.1. The predicted octanol–water partition coefficient (Wildman–Crippen LogP) is 13.7. The lowest BCUT2D eigenvalue weighted by molar-refractivity contribution is 0.669. The Balaban J connectivity index is 1.03. The van der Waals surface area contributed by atoms with Crippen LogP contribution in [0.2, 0.25) is 0 Å². The van der Waals surface area contributed by atoms with E-state index in [0.29, 0.717) is 17.5 Å². The number of hydrogen-bond donors (Lipinski definition) is 0. The van der Waals surface area contributed by atoms with Gasteiger partial charge in [-0.3, -0.25) is 0 Å². The van der Waals surface area contributed by atoms with E-state index in [1.54, 1.807) is 0 Å². The summed E-state index contributed by atoms with van der Waals surface area (Å²) in [5, 5.41) is 7.59. The van der Waals surface area contributed by atoms with Gasteiger partial charge in [0.1, 0.15) is 22.3 Å². The highest BCUT2D eigenvalue weighted by Crippen LogP contribution is 2.44. The maximum atomic E-state index is 6.83. The molecule has 58 heavy (non-hydrogen) atoms. The molecule has 0 amide bonds. The molecule has 0 atom stereocenters. The van der Waals surface area contributed by atoms with Crippen molar-refractivity contribution in [2.24, 2.45) is 0 Å². The fourth-order valence-electron chi connectivity index (χ4n) is 8.41. The molecule has 0 unspecified atom stereocenters. The summed E-state index contributed by atoms with van der Waals surface area (Å²) < 4.78 is 13.1. The van der Waals surface area contributed by atoms with Crippen LogP contribution in [0, 0.1) is 0 Å². The third-order valence-electron chi connectivity index (χ3n) is 11.1. The van der Waals surface area contributed by atoms with Crippen LogP contribution < -0.4 is 0 Å². The second-order valence-electron chi connectivity index (χ2n) is 14.6. The molecule has 4 heterocycles. The van der Waals surface area contributed by atoms with Crippen molar-refractivity contribution in [1.29, 1.82) is 0 Å². The summed E-state index contributed by atoms with van der Waals surface area (Å²) in [6, 6.07) is 62.1. The number of furan rings is 2. The number of rotatable bonds is 5. The quantitative estimate of drug-likeness (QED) is 0.163. The number of fused-ring (bicyclic) bond motifs is 10. The molecule has 0 spiro atoms. The van der Waals surface area contributed by atoms with Crippen molar-refractivity contribution in [2.75, 3.05) is 0 Å². The van der Waals surface area contributed by atoms with Gasteiger partial charge in [-0.25, -0.2) is 19.9 Å². The minimum absolute atomic E-state index is 0.569.